The summed E-state index contributed by atoms with van der Waals surface area (Å²) in [5.74, 6) is 0. The number of quaternary nitrogens is 1. The molecule has 0 heterocycles. The normalized spacial score (nSPS) is 12.0. The second-order valence-corrected chi connectivity index (χ2v) is 16.1. The second kappa shape index (κ2) is 35.7. The summed E-state index contributed by atoms with van der Waals surface area (Å²) in [6.07, 6.45) is 47.5. The Hall–Kier alpha value is -0.130. The van der Waals surface area contributed by atoms with Crippen LogP contribution in [-0.2, 0) is 10.1 Å². The lowest BCUT2D eigenvalue weighted by Crippen LogP contribution is -2.41. The molecule has 0 atom stereocenters. The van der Waals surface area contributed by atoms with Crippen LogP contribution in [-0.4, -0.2) is 50.9 Å². The molecule has 0 spiro atoms. The van der Waals surface area contributed by atoms with E-state index in [1.54, 1.807) is 0 Å². The van der Waals surface area contributed by atoms with E-state index in [0.717, 1.165) is 0 Å². The Bertz CT molecular complexity index is 589. The van der Waals surface area contributed by atoms with E-state index in [0.29, 0.717) is 6.26 Å². The predicted molar refractivity (Wildman–Crippen MR) is 197 cm³/mol. The zero-order chi connectivity index (χ0) is 33.0. The van der Waals surface area contributed by atoms with Gasteiger partial charge in [-0.3, -0.25) is 0 Å². The van der Waals surface area contributed by atoms with Crippen molar-refractivity contribution < 1.29 is 17.5 Å². The minimum atomic E-state index is -3.92. The smallest absolute Gasteiger partial charge is 0.0916 e. The molecule has 0 aliphatic rings. The number of rotatable bonds is 34. The maximum absolute atomic E-state index is 9.08. The van der Waals surface area contributed by atoms with Crippen molar-refractivity contribution in [2.24, 2.45) is 0 Å². The Morgan fingerprint density at radius 3 is 0.659 bits per heavy atom. The van der Waals surface area contributed by atoms with Gasteiger partial charge in [0.05, 0.1) is 37.3 Å². The second-order valence-electron chi connectivity index (χ2n) is 14.7. The van der Waals surface area contributed by atoms with Crippen LogP contribution in [0.2, 0.25) is 0 Å². The molecular formula is C39H83NO3S. The van der Waals surface area contributed by atoms with E-state index in [-0.39, 0.29) is 0 Å². The van der Waals surface area contributed by atoms with Gasteiger partial charge in [-0.1, -0.05) is 194 Å². The standard InChI is InChI=1S/C38H80N.CH4O3S/c1-5-7-9-11-13-15-17-19-21-23-25-27-29-31-33-35-37-39(3,4)38-36-34-32-30-28-26-24-22-20-18-16-14-12-10-8-6-2;1-5(2,3)4/h5-38H2,1-4H3;1H3,(H,2,3,4)/q+1;/p-1. The molecular weight excluding hydrogens is 563 g/mol. The summed E-state index contributed by atoms with van der Waals surface area (Å²) in [6, 6.07) is 0. The Labute approximate surface area is 279 Å². The Balaban J connectivity index is 0. The van der Waals surface area contributed by atoms with Crippen LogP contribution in [0.1, 0.15) is 219 Å². The molecule has 44 heavy (non-hydrogen) atoms. The zero-order valence-corrected chi connectivity index (χ0v) is 31.9. The van der Waals surface area contributed by atoms with Crippen LogP contribution in [0, 0.1) is 0 Å². The molecule has 0 fully saturated rings. The van der Waals surface area contributed by atoms with E-state index in [1.807, 2.05) is 0 Å². The molecule has 0 aromatic carbocycles. The van der Waals surface area contributed by atoms with Gasteiger partial charge in [0, 0.05) is 6.26 Å². The van der Waals surface area contributed by atoms with Gasteiger partial charge in [0.1, 0.15) is 0 Å². The summed E-state index contributed by atoms with van der Waals surface area (Å²) in [5.41, 5.74) is 0. The molecule has 4 nitrogen and oxygen atoms in total. The van der Waals surface area contributed by atoms with E-state index in [2.05, 4.69) is 27.9 Å². The predicted octanol–water partition coefficient (Wildman–Crippen LogP) is 12.7. The molecule has 0 saturated heterocycles. The fourth-order valence-electron chi connectivity index (χ4n) is 6.29. The largest absolute Gasteiger partial charge is 0.748 e. The quantitative estimate of drug-likeness (QED) is 0.0397. The van der Waals surface area contributed by atoms with Gasteiger partial charge in [0.25, 0.3) is 0 Å². The van der Waals surface area contributed by atoms with Crippen molar-refractivity contribution >= 4 is 10.1 Å². The number of hydrogen-bond acceptors (Lipinski definition) is 3. The van der Waals surface area contributed by atoms with Gasteiger partial charge in [-0.25, -0.2) is 8.42 Å². The zero-order valence-electron chi connectivity index (χ0n) is 31.1. The highest BCUT2D eigenvalue weighted by molar-refractivity contribution is 7.84. The molecule has 0 unspecified atom stereocenters. The van der Waals surface area contributed by atoms with Gasteiger partial charge < -0.3 is 9.04 Å². The third-order valence-electron chi connectivity index (χ3n) is 9.23. The van der Waals surface area contributed by atoms with Crippen molar-refractivity contribution in [3.63, 3.8) is 0 Å². The summed E-state index contributed by atoms with van der Waals surface area (Å²) in [6.45, 7) is 7.39. The van der Waals surface area contributed by atoms with Crippen LogP contribution in [0.5, 0.6) is 0 Å². The Morgan fingerprint density at radius 2 is 0.500 bits per heavy atom. The average molecular weight is 646 g/mol. The lowest BCUT2D eigenvalue weighted by atomic mass is 10.0. The van der Waals surface area contributed by atoms with Crippen molar-refractivity contribution in [1.29, 1.82) is 0 Å². The van der Waals surface area contributed by atoms with Crippen molar-refractivity contribution in [2.45, 2.75) is 219 Å². The Morgan fingerprint density at radius 1 is 0.364 bits per heavy atom. The third kappa shape index (κ3) is 48.8. The number of unbranched alkanes of at least 4 members (excludes halogenated alkanes) is 30. The molecule has 0 amide bonds. The molecule has 5 heteroatoms. The highest BCUT2D eigenvalue weighted by Crippen LogP contribution is 2.16. The number of hydrogen-bond donors (Lipinski definition) is 0. The van der Waals surface area contributed by atoms with Crippen molar-refractivity contribution in [3.8, 4) is 0 Å². The van der Waals surface area contributed by atoms with Crippen molar-refractivity contribution in [1.82, 2.24) is 0 Å². The molecule has 0 saturated carbocycles. The first-order valence-electron chi connectivity index (χ1n) is 19.8. The maximum atomic E-state index is 9.08. The first kappa shape index (κ1) is 46.0. The summed E-state index contributed by atoms with van der Waals surface area (Å²) in [7, 11) is 1.02. The summed E-state index contributed by atoms with van der Waals surface area (Å²) >= 11 is 0. The molecule has 0 bridgehead atoms. The van der Waals surface area contributed by atoms with Crippen molar-refractivity contribution in [3.05, 3.63) is 0 Å². The minimum absolute atomic E-state index is 0.604. The van der Waals surface area contributed by atoms with E-state index in [1.165, 1.54) is 223 Å². The number of nitrogens with zero attached hydrogens (tertiary/aromatic N) is 1. The molecule has 0 aliphatic carbocycles. The highest BCUT2D eigenvalue weighted by atomic mass is 32.2. The first-order valence-corrected chi connectivity index (χ1v) is 21.7. The molecule has 0 rings (SSSR count). The fraction of sp³-hybridized carbons (Fsp3) is 1.00. The topological polar surface area (TPSA) is 57.2 Å². The van der Waals surface area contributed by atoms with Gasteiger partial charge >= 0.3 is 0 Å². The van der Waals surface area contributed by atoms with Gasteiger partial charge in [0.2, 0.25) is 0 Å². The van der Waals surface area contributed by atoms with E-state index in [4.69, 9.17) is 13.0 Å². The van der Waals surface area contributed by atoms with Crippen LogP contribution in [0.15, 0.2) is 0 Å². The third-order valence-corrected chi connectivity index (χ3v) is 9.23. The molecule has 0 N–H and O–H groups in total. The van der Waals surface area contributed by atoms with Crippen LogP contribution < -0.4 is 0 Å². The van der Waals surface area contributed by atoms with E-state index in [9.17, 15) is 0 Å². The van der Waals surface area contributed by atoms with Crippen LogP contribution in [0.3, 0.4) is 0 Å². The summed E-state index contributed by atoms with van der Waals surface area (Å²) in [4.78, 5) is 0. The van der Waals surface area contributed by atoms with Crippen LogP contribution in [0.4, 0.5) is 0 Å². The fourth-order valence-corrected chi connectivity index (χ4v) is 6.29. The van der Waals surface area contributed by atoms with Crippen LogP contribution >= 0.6 is 0 Å². The Kier molecular flexibility index (Phi) is 37.3. The molecule has 0 aromatic heterocycles. The van der Waals surface area contributed by atoms with Crippen molar-refractivity contribution in [2.75, 3.05) is 33.4 Å². The molecule has 0 radical (unpaired) electrons. The molecule has 268 valence electrons. The minimum Gasteiger partial charge on any atom is -0.748 e. The van der Waals surface area contributed by atoms with E-state index < -0.39 is 10.1 Å². The first-order chi connectivity index (χ1) is 21.1. The lowest BCUT2D eigenvalue weighted by Gasteiger charge is -2.30. The molecule has 0 aliphatic heterocycles. The monoisotopic (exact) mass is 646 g/mol. The van der Waals surface area contributed by atoms with Gasteiger partial charge in [0.15, 0.2) is 0 Å². The lowest BCUT2D eigenvalue weighted by molar-refractivity contribution is -0.890. The van der Waals surface area contributed by atoms with Gasteiger partial charge in [-0.2, -0.15) is 0 Å². The SMILES string of the molecule is CCCCCCCCCCCCCCCCCC[N+](C)(C)CCCCCCCCCCCCCCCCCC.CS(=O)(=O)[O-]. The van der Waals surface area contributed by atoms with Gasteiger partial charge in [-0.05, 0) is 25.7 Å². The summed E-state index contributed by atoms with van der Waals surface area (Å²) in [5, 5.41) is 0. The maximum Gasteiger partial charge on any atom is 0.0916 e. The molecule has 0 aromatic rings. The van der Waals surface area contributed by atoms with Crippen LogP contribution in [0.25, 0.3) is 0 Å². The van der Waals surface area contributed by atoms with E-state index >= 15 is 0 Å². The average Bonchev–Trinajstić information content (AvgIpc) is 2.96. The highest BCUT2D eigenvalue weighted by Gasteiger charge is 2.13. The summed E-state index contributed by atoms with van der Waals surface area (Å²) < 4.78 is 28.5. The van der Waals surface area contributed by atoms with Gasteiger partial charge in [-0.15, -0.1) is 0 Å².